The number of hydrogen-bond donors (Lipinski definition) is 0. The predicted molar refractivity (Wildman–Crippen MR) is 65.8 cm³/mol. The van der Waals surface area contributed by atoms with Gasteiger partial charge in [0.1, 0.15) is 0 Å². The monoisotopic (exact) mass is 257 g/mol. The van der Waals surface area contributed by atoms with Crippen LogP contribution in [0.4, 0.5) is 0 Å². The van der Waals surface area contributed by atoms with Gasteiger partial charge in [-0.3, -0.25) is 4.57 Å². The molecule has 17 heavy (non-hydrogen) atoms. The minimum Gasteiger partial charge on any atom is -0.307 e. The van der Waals surface area contributed by atoms with E-state index in [4.69, 9.17) is 9.05 Å². The second-order valence-corrected chi connectivity index (χ2v) is 5.35. The second-order valence-electron chi connectivity index (χ2n) is 3.27. The van der Waals surface area contributed by atoms with E-state index in [0.717, 1.165) is 0 Å². The highest BCUT2D eigenvalue weighted by Gasteiger charge is 2.38. The Morgan fingerprint density at radius 1 is 1.18 bits per heavy atom. The van der Waals surface area contributed by atoms with Crippen molar-refractivity contribution in [2.45, 2.75) is 19.6 Å². The first-order valence-electron chi connectivity index (χ1n) is 5.44. The first-order valence-corrected chi connectivity index (χ1v) is 7.05. The molecule has 1 unspecified atom stereocenters. The summed E-state index contributed by atoms with van der Waals surface area (Å²) >= 11 is 0. The molecule has 0 aromatic heterocycles. The zero-order valence-electron chi connectivity index (χ0n) is 9.91. The molecule has 0 aliphatic carbocycles. The van der Waals surface area contributed by atoms with Crippen LogP contribution in [0.3, 0.4) is 0 Å². The molecule has 6 heteroatoms. The van der Waals surface area contributed by atoms with Gasteiger partial charge in [0, 0.05) is 0 Å². The lowest BCUT2D eigenvalue weighted by Crippen LogP contribution is -2.04. The fourth-order valence-corrected chi connectivity index (χ4v) is 3.19. The Bertz CT molecular complexity index is 386. The standard InChI is InChI=1S/C11H16NO4P/c1-3-15-17(14,16-4-2)11(12-13)10-8-6-5-7-9-10/h5-9,11H,3-4H2,1-2H3. The third kappa shape index (κ3) is 3.46. The van der Waals surface area contributed by atoms with Crippen molar-refractivity contribution in [1.29, 1.82) is 0 Å². The fraction of sp³-hybridized carbons (Fsp3) is 0.455. The average Bonchev–Trinajstić information content (AvgIpc) is 2.31. The molecule has 1 atom stereocenters. The summed E-state index contributed by atoms with van der Waals surface area (Å²) in [5, 5.41) is 2.90. The van der Waals surface area contributed by atoms with Gasteiger partial charge < -0.3 is 9.05 Å². The van der Waals surface area contributed by atoms with Crippen molar-refractivity contribution in [2.75, 3.05) is 13.2 Å². The van der Waals surface area contributed by atoms with Crippen molar-refractivity contribution in [2.24, 2.45) is 5.18 Å². The Morgan fingerprint density at radius 2 is 1.71 bits per heavy atom. The van der Waals surface area contributed by atoms with Gasteiger partial charge in [-0.05, 0) is 24.6 Å². The third-order valence-corrected chi connectivity index (χ3v) is 4.34. The summed E-state index contributed by atoms with van der Waals surface area (Å²) in [6, 6.07) is 8.65. The minimum absolute atomic E-state index is 0.204. The molecule has 1 rings (SSSR count). The highest BCUT2D eigenvalue weighted by Crippen LogP contribution is 2.61. The van der Waals surface area contributed by atoms with Crippen molar-refractivity contribution in [3.8, 4) is 0 Å². The van der Waals surface area contributed by atoms with Gasteiger partial charge in [-0.2, -0.15) is 0 Å². The third-order valence-electron chi connectivity index (χ3n) is 2.12. The summed E-state index contributed by atoms with van der Waals surface area (Å²) in [7, 11) is -3.53. The summed E-state index contributed by atoms with van der Waals surface area (Å²) < 4.78 is 22.6. The average molecular weight is 257 g/mol. The van der Waals surface area contributed by atoms with Crippen molar-refractivity contribution in [3.05, 3.63) is 40.8 Å². The van der Waals surface area contributed by atoms with Gasteiger partial charge >= 0.3 is 7.60 Å². The summed E-state index contributed by atoms with van der Waals surface area (Å²) in [5.74, 6) is -1.11. The van der Waals surface area contributed by atoms with Crippen LogP contribution in [-0.4, -0.2) is 13.2 Å². The SMILES string of the molecule is CCOP(=O)(OCC)C(N=O)c1ccccc1. The molecule has 0 N–H and O–H groups in total. The Kier molecular flexibility index (Phi) is 5.48. The van der Waals surface area contributed by atoms with Gasteiger partial charge in [0.15, 0.2) is 0 Å². The van der Waals surface area contributed by atoms with E-state index in [0.29, 0.717) is 5.56 Å². The summed E-state index contributed by atoms with van der Waals surface area (Å²) in [6.07, 6.45) is 0. The van der Waals surface area contributed by atoms with E-state index < -0.39 is 13.4 Å². The highest BCUT2D eigenvalue weighted by molar-refractivity contribution is 7.54. The summed E-state index contributed by atoms with van der Waals surface area (Å²) in [5.41, 5.74) is 0.535. The van der Waals surface area contributed by atoms with Gasteiger partial charge in [0.25, 0.3) is 0 Å². The largest absolute Gasteiger partial charge is 0.363 e. The lowest BCUT2D eigenvalue weighted by Gasteiger charge is -2.21. The lowest BCUT2D eigenvalue weighted by molar-refractivity contribution is 0.212. The maximum Gasteiger partial charge on any atom is 0.363 e. The van der Waals surface area contributed by atoms with Crippen LogP contribution in [0.25, 0.3) is 0 Å². The maximum absolute atomic E-state index is 12.4. The molecule has 0 spiro atoms. The van der Waals surface area contributed by atoms with E-state index in [2.05, 4.69) is 5.18 Å². The van der Waals surface area contributed by atoms with Gasteiger partial charge in [0.2, 0.25) is 5.78 Å². The van der Waals surface area contributed by atoms with Gasteiger partial charge in [-0.1, -0.05) is 30.3 Å². The number of nitroso groups, excluding NO2 is 1. The van der Waals surface area contributed by atoms with Crippen LogP contribution >= 0.6 is 7.60 Å². The van der Waals surface area contributed by atoms with Crippen molar-refractivity contribution in [3.63, 3.8) is 0 Å². The normalized spacial score (nSPS) is 13.3. The molecular formula is C11H16NO4P. The Balaban J connectivity index is 3.06. The fourth-order valence-electron chi connectivity index (χ4n) is 1.46. The Labute approximate surface area is 101 Å². The molecule has 0 bridgehead atoms. The van der Waals surface area contributed by atoms with Gasteiger partial charge in [-0.25, -0.2) is 0 Å². The number of rotatable bonds is 7. The van der Waals surface area contributed by atoms with Gasteiger partial charge in [-0.15, -0.1) is 4.91 Å². The molecule has 0 saturated carbocycles. The first kappa shape index (κ1) is 14.0. The molecule has 1 aromatic carbocycles. The van der Waals surface area contributed by atoms with Crippen LogP contribution in [0.15, 0.2) is 35.5 Å². The molecule has 1 aromatic rings. The van der Waals surface area contributed by atoms with Crippen LogP contribution in [0.5, 0.6) is 0 Å². The van der Waals surface area contributed by atoms with Crippen LogP contribution < -0.4 is 0 Å². The molecule has 0 radical (unpaired) electrons. The number of hydrogen-bond acceptors (Lipinski definition) is 5. The quantitative estimate of drug-likeness (QED) is 0.551. The topological polar surface area (TPSA) is 65.0 Å². The molecule has 0 aliphatic heterocycles. The summed E-state index contributed by atoms with van der Waals surface area (Å²) in [6.45, 7) is 3.79. The Hall–Kier alpha value is -1.03. The first-order chi connectivity index (χ1) is 8.18. The van der Waals surface area contributed by atoms with Crippen molar-refractivity contribution in [1.82, 2.24) is 0 Å². The highest BCUT2D eigenvalue weighted by atomic mass is 31.2. The van der Waals surface area contributed by atoms with Crippen LogP contribution in [0.2, 0.25) is 0 Å². The zero-order valence-corrected chi connectivity index (χ0v) is 10.8. The molecule has 0 amide bonds. The zero-order chi connectivity index (χ0) is 12.7. The van der Waals surface area contributed by atoms with E-state index in [1.165, 1.54) is 0 Å². The summed E-state index contributed by atoms with van der Waals surface area (Å²) in [4.78, 5) is 10.9. The van der Waals surface area contributed by atoms with Crippen LogP contribution in [0, 0.1) is 4.91 Å². The van der Waals surface area contributed by atoms with Crippen LogP contribution in [-0.2, 0) is 13.6 Å². The van der Waals surface area contributed by atoms with Crippen molar-refractivity contribution < 1.29 is 13.6 Å². The van der Waals surface area contributed by atoms with Crippen molar-refractivity contribution >= 4 is 7.60 Å². The predicted octanol–water partition coefficient (Wildman–Crippen LogP) is 3.72. The second kappa shape index (κ2) is 6.64. The molecule has 0 saturated heterocycles. The molecule has 94 valence electrons. The smallest absolute Gasteiger partial charge is 0.307 e. The molecule has 0 heterocycles. The minimum atomic E-state index is -3.53. The number of benzene rings is 1. The van der Waals surface area contributed by atoms with E-state index in [1.807, 2.05) is 0 Å². The number of nitrogens with zero attached hydrogens (tertiary/aromatic N) is 1. The molecular weight excluding hydrogens is 241 g/mol. The van der Waals surface area contributed by atoms with E-state index in [1.54, 1.807) is 44.2 Å². The lowest BCUT2D eigenvalue weighted by atomic mass is 10.2. The molecule has 0 aliphatic rings. The van der Waals surface area contributed by atoms with E-state index in [-0.39, 0.29) is 13.2 Å². The Morgan fingerprint density at radius 3 is 2.12 bits per heavy atom. The molecule has 0 fully saturated rings. The van der Waals surface area contributed by atoms with Gasteiger partial charge in [0.05, 0.1) is 13.2 Å². The molecule has 5 nitrogen and oxygen atoms in total. The van der Waals surface area contributed by atoms with E-state index >= 15 is 0 Å². The maximum atomic E-state index is 12.4. The van der Waals surface area contributed by atoms with E-state index in [9.17, 15) is 9.47 Å². The van der Waals surface area contributed by atoms with Crippen LogP contribution in [0.1, 0.15) is 25.2 Å².